The molecule has 0 saturated heterocycles. The smallest absolute Gasteiger partial charge is 0.345 e. The second-order valence-corrected chi connectivity index (χ2v) is 14.6. The van der Waals surface area contributed by atoms with Crippen molar-refractivity contribution >= 4 is 11.9 Å². The van der Waals surface area contributed by atoms with Crippen molar-refractivity contribution in [2.24, 2.45) is 0 Å². The summed E-state index contributed by atoms with van der Waals surface area (Å²) >= 11 is 0. The fourth-order valence-electron chi connectivity index (χ4n) is 6.43. The van der Waals surface area contributed by atoms with Crippen molar-refractivity contribution in [3.8, 4) is 34.4 Å². The molecule has 8 nitrogen and oxygen atoms in total. The van der Waals surface area contributed by atoms with Crippen LogP contribution in [0.1, 0.15) is 163 Å². The zero-order valence-electron chi connectivity index (χ0n) is 34.0. The maximum atomic E-state index is 12.8. The summed E-state index contributed by atoms with van der Waals surface area (Å²) in [5.74, 6) is 1.35. The number of hydrogen-bond donors (Lipinski definition) is 0. The van der Waals surface area contributed by atoms with Gasteiger partial charge in [0.15, 0.2) is 0 Å². The van der Waals surface area contributed by atoms with E-state index in [4.69, 9.17) is 18.9 Å². The molecule has 0 atom stereocenters. The Morgan fingerprint density at radius 3 is 1.00 bits per heavy atom. The Bertz CT molecular complexity index is 1510. The Labute approximate surface area is 335 Å². The molecule has 0 N–H and O–H groups in total. The molecule has 56 heavy (non-hydrogen) atoms. The molecular weight excluding hydrogens is 701 g/mol. The first-order chi connectivity index (χ1) is 27.6. The van der Waals surface area contributed by atoms with Crippen molar-refractivity contribution in [3.05, 3.63) is 96.3 Å². The third-order valence-corrected chi connectivity index (χ3v) is 9.86. The quantitative estimate of drug-likeness (QED) is 0.0306. The molecule has 2 aromatic carbocycles. The van der Waals surface area contributed by atoms with E-state index in [9.17, 15) is 9.59 Å². The number of nitrogens with zero attached hydrogens (tertiary/aromatic N) is 2. The van der Waals surface area contributed by atoms with Gasteiger partial charge in [-0.1, -0.05) is 129 Å². The van der Waals surface area contributed by atoms with Gasteiger partial charge in [-0.25, -0.2) is 9.59 Å². The highest BCUT2D eigenvalue weighted by Gasteiger charge is 2.13. The molecule has 4 rings (SSSR count). The maximum absolute atomic E-state index is 12.8. The number of aromatic nitrogens is 2. The van der Waals surface area contributed by atoms with Crippen LogP contribution >= 0.6 is 0 Å². The summed E-state index contributed by atoms with van der Waals surface area (Å²) in [6, 6.07) is 20.9. The normalized spacial score (nSPS) is 11.0. The molecule has 0 aliphatic rings. The lowest BCUT2D eigenvalue weighted by atomic mass is 10.1. The lowest BCUT2D eigenvalue weighted by Gasteiger charge is -2.09. The van der Waals surface area contributed by atoms with Crippen molar-refractivity contribution < 1.29 is 28.5 Å². The second kappa shape index (κ2) is 27.0. The van der Waals surface area contributed by atoms with Gasteiger partial charge in [0.05, 0.1) is 35.7 Å². The van der Waals surface area contributed by atoms with E-state index in [2.05, 4.69) is 23.8 Å². The number of carbonyl (C=O) groups excluding carboxylic acids is 2. The summed E-state index contributed by atoms with van der Waals surface area (Å²) < 4.78 is 22.8. The number of rotatable bonds is 29. The van der Waals surface area contributed by atoms with Crippen molar-refractivity contribution in [2.75, 3.05) is 13.2 Å². The van der Waals surface area contributed by atoms with Crippen LogP contribution < -0.4 is 18.9 Å². The Hall–Kier alpha value is -4.72. The van der Waals surface area contributed by atoms with E-state index in [0.717, 1.165) is 24.3 Å². The Kier molecular flexibility index (Phi) is 21.2. The number of carbonyl (C=O) groups is 2. The first-order valence-electron chi connectivity index (χ1n) is 21.4. The predicted molar refractivity (Wildman–Crippen MR) is 225 cm³/mol. The minimum Gasteiger partial charge on any atom is -0.494 e. The molecule has 2 aromatic heterocycles. The highest BCUT2D eigenvalue weighted by atomic mass is 16.5. The number of esters is 2. The molecule has 0 spiro atoms. The summed E-state index contributed by atoms with van der Waals surface area (Å²) in [5.41, 5.74) is 1.73. The highest BCUT2D eigenvalue weighted by molar-refractivity contribution is 5.92. The van der Waals surface area contributed by atoms with Gasteiger partial charge in [0.2, 0.25) is 0 Å². The number of unbranched alkanes of at least 4 members (excludes halogenated alkanes) is 18. The zero-order valence-corrected chi connectivity index (χ0v) is 34.0. The topological polar surface area (TPSA) is 96.8 Å². The van der Waals surface area contributed by atoms with E-state index in [1.807, 2.05) is 24.3 Å². The number of ether oxygens (including phenoxy) is 4. The first kappa shape index (κ1) is 44.0. The van der Waals surface area contributed by atoms with Crippen LogP contribution in [0.3, 0.4) is 0 Å². The average Bonchev–Trinajstić information content (AvgIpc) is 3.23. The van der Waals surface area contributed by atoms with Gasteiger partial charge in [-0.05, 0) is 85.6 Å². The molecule has 4 aromatic rings. The summed E-state index contributed by atoms with van der Waals surface area (Å²) in [6.07, 6.45) is 28.6. The number of hydrogen-bond acceptors (Lipinski definition) is 8. The SMILES string of the molecule is CCCCCCCCCCCCOc1ccc(OC(=O)c2ccc(-c3ccc(C(=O)Oc4ccc(OCCCCCCCCCCCC)cc4)cn3)nc2)cc1. The Morgan fingerprint density at radius 1 is 0.393 bits per heavy atom. The van der Waals surface area contributed by atoms with Gasteiger partial charge in [0.1, 0.15) is 23.0 Å². The Balaban J connectivity index is 1.10. The summed E-state index contributed by atoms with van der Waals surface area (Å²) in [6.45, 7) is 5.87. The average molecular weight is 765 g/mol. The van der Waals surface area contributed by atoms with Gasteiger partial charge in [0.25, 0.3) is 0 Å². The van der Waals surface area contributed by atoms with Crippen LogP contribution in [0.5, 0.6) is 23.0 Å². The van der Waals surface area contributed by atoms with Crippen LogP contribution in [0.25, 0.3) is 11.4 Å². The second-order valence-electron chi connectivity index (χ2n) is 14.6. The fraction of sp³-hybridized carbons (Fsp3) is 0.500. The summed E-state index contributed by atoms with van der Waals surface area (Å²) in [7, 11) is 0. The lowest BCUT2D eigenvalue weighted by molar-refractivity contribution is 0.0724. The molecule has 0 unspecified atom stereocenters. The monoisotopic (exact) mass is 764 g/mol. The molecule has 0 bridgehead atoms. The molecular formula is C48H64N2O6. The van der Waals surface area contributed by atoms with Gasteiger partial charge >= 0.3 is 11.9 Å². The van der Waals surface area contributed by atoms with E-state index in [1.165, 1.54) is 128 Å². The van der Waals surface area contributed by atoms with Gasteiger partial charge in [-0.3, -0.25) is 9.97 Å². The van der Waals surface area contributed by atoms with Gasteiger partial charge < -0.3 is 18.9 Å². The number of benzene rings is 2. The maximum Gasteiger partial charge on any atom is 0.345 e. The zero-order chi connectivity index (χ0) is 39.5. The van der Waals surface area contributed by atoms with E-state index < -0.39 is 11.9 Å². The van der Waals surface area contributed by atoms with Crippen LogP contribution in [-0.2, 0) is 0 Å². The third kappa shape index (κ3) is 17.4. The van der Waals surface area contributed by atoms with Crippen LogP contribution in [0.2, 0.25) is 0 Å². The summed E-state index contributed by atoms with van der Waals surface area (Å²) in [4.78, 5) is 34.4. The molecule has 302 valence electrons. The molecule has 2 heterocycles. The largest absolute Gasteiger partial charge is 0.494 e. The lowest BCUT2D eigenvalue weighted by Crippen LogP contribution is -2.09. The van der Waals surface area contributed by atoms with Crippen LogP contribution in [-0.4, -0.2) is 35.1 Å². The van der Waals surface area contributed by atoms with E-state index in [-0.39, 0.29) is 0 Å². The van der Waals surface area contributed by atoms with Crippen LogP contribution in [0, 0.1) is 0 Å². The van der Waals surface area contributed by atoms with Crippen molar-refractivity contribution in [1.29, 1.82) is 0 Å². The van der Waals surface area contributed by atoms with Crippen LogP contribution in [0.4, 0.5) is 0 Å². The van der Waals surface area contributed by atoms with Crippen molar-refractivity contribution in [2.45, 2.75) is 142 Å². The Morgan fingerprint density at radius 2 is 0.696 bits per heavy atom. The van der Waals surface area contributed by atoms with Crippen LogP contribution in [0.15, 0.2) is 85.2 Å². The summed E-state index contributed by atoms with van der Waals surface area (Å²) in [5, 5.41) is 0. The van der Waals surface area contributed by atoms with E-state index >= 15 is 0 Å². The minimum atomic E-state index is -0.511. The van der Waals surface area contributed by atoms with E-state index in [1.54, 1.807) is 48.5 Å². The molecule has 0 fully saturated rings. The predicted octanol–water partition coefficient (Wildman–Crippen LogP) is 13.2. The molecule has 0 amide bonds. The minimum absolute atomic E-state index is 0.311. The molecule has 0 aliphatic carbocycles. The third-order valence-electron chi connectivity index (χ3n) is 9.86. The van der Waals surface area contributed by atoms with Gasteiger partial charge in [-0.15, -0.1) is 0 Å². The van der Waals surface area contributed by atoms with Crippen molar-refractivity contribution in [1.82, 2.24) is 9.97 Å². The number of pyridine rings is 2. The standard InChI is InChI=1S/C48H64N2O6/c1-3-5-7-9-11-13-15-17-19-21-35-53-41-25-29-43(30-26-41)55-47(51)39-23-33-45(49-37-39)46-34-24-40(38-50-46)48(52)56-44-31-27-42(28-32-44)54-36-22-20-18-16-14-12-10-8-6-4-2/h23-34,37-38H,3-22,35-36H2,1-2H3. The van der Waals surface area contributed by atoms with E-state index in [0.29, 0.717) is 47.2 Å². The van der Waals surface area contributed by atoms with Gasteiger partial charge in [-0.2, -0.15) is 0 Å². The molecule has 0 radical (unpaired) electrons. The first-order valence-corrected chi connectivity index (χ1v) is 21.4. The fourth-order valence-corrected chi connectivity index (χ4v) is 6.43. The van der Waals surface area contributed by atoms with Gasteiger partial charge in [0, 0.05) is 12.4 Å². The highest BCUT2D eigenvalue weighted by Crippen LogP contribution is 2.22. The molecule has 0 aliphatic heterocycles. The van der Waals surface area contributed by atoms with Crippen molar-refractivity contribution in [3.63, 3.8) is 0 Å². The molecule has 8 heteroatoms. The molecule has 0 saturated carbocycles.